The van der Waals surface area contributed by atoms with Crippen LogP contribution in [0.15, 0.2) is 28.5 Å². The molecule has 66 valence electrons. The van der Waals surface area contributed by atoms with E-state index in [1.165, 1.54) is 6.07 Å². The number of hydrogen-bond acceptors (Lipinski definition) is 2. The predicted molar refractivity (Wildman–Crippen MR) is 55.1 cm³/mol. The Morgan fingerprint density at radius 1 is 1.29 bits per heavy atom. The van der Waals surface area contributed by atoms with Crippen LogP contribution in [0.25, 0.3) is 11.5 Å². The Balaban J connectivity index is 3.00. The molecule has 0 bridgehead atoms. The van der Waals surface area contributed by atoms with Crippen LogP contribution in [0.3, 0.4) is 0 Å². The second-order valence-corrected chi connectivity index (χ2v) is 3.92. The molecule has 0 amide bonds. The van der Waals surface area contributed by atoms with Crippen molar-refractivity contribution < 1.29 is 0 Å². The summed E-state index contributed by atoms with van der Waals surface area (Å²) < 4.78 is 0.981. The second-order valence-electron chi connectivity index (χ2n) is 3.01. The van der Waals surface area contributed by atoms with Gasteiger partial charge < -0.3 is 4.98 Å². The smallest absolute Gasteiger partial charge is 0.190 e. The van der Waals surface area contributed by atoms with Gasteiger partial charge in [-0.3, -0.25) is 4.79 Å². The molecule has 0 aliphatic heterocycles. The lowest BCUT2D eigenvalue weighted by Crippen LogP contribution is -2.21. The van der Waals surface area contributed by atoms with Gasteiger partial charge in [-0.25, -0.2) is 0 Å². The maximum absolute atomic E-state index is 11.6. The van der Waals surface area contributed by atoms with Crippen LogP contribution in [0.2, 0.25) is 0 Å². The van der Waals surface area contributed by atoms with Gasteiger partial charge in [0.1, 0.15) is 5.35 Å². The van der Waals surface area contributed by atoms with Crippen molar-refractivity contribution in [3.63, 3.8) is 0 Å². The number of rotatable bonds is 0. The number of H-pyrrole nitrogens is 1. The van der Waals surface area contributed by atoms with Crippen molar-refractivity contribution in [1.29, 1.82) is 0 Å². The molecule has 3 rings (SSSR count). The highest BCUT2D eigenvalue weighted by Gasteiger charge is 1.97. The molecular formula is C11H5NOS. The fraction of sp³-hybridized carbons (Fsp3) is 0. The molecule has 0 saturated carbocycles. The Kier molecular flexibility index (Phi) is 1.41. The van der Waals surface area contributed by atoms with Gasteiger partial charge >= 0.3 is 0 Å². The van der Waals surface area contributed by atoms with Crippen LogP contribution in [0.5, 0.6) is 0 Å². The third-order valence-electron chi connectivity index (χ3n) is 2.19. The fourth-order valence-electron chi connectivity index (χ4n) is 1.57. The zero-order valence-electron chi connectivity index (χ0n) is 7.13. The van der Waals surface area contributed by atoms with Gasteiger partial charge in [-0.2, -0.15) is 0 Å². The first kappa shape index (κ1) is 7.60. The number of pyridine rings is 1. The standard InChI is InChI=1S/C11H5NOS/c13-9-3-5-12-8-1-2-10-7(11(8)9)4-6-14-10/h3-6H,(H,12,13). The molecule has 0 spiro atoms. The third kappa shape index (κ3) is 0.889. The average molecular weight is 199 g/mol. The van der Waals surface area contributed by atoms with E-state index in [9.17, 15) is 4.79 Å². The molecule has 0 saturated heterocycles. The van der Waals surface area contributed by atoms with E-state index in [2.05, 4.69) is 16.4 Å². The summed E-state index contributed by atoms with van der Waals surface area (Å²) in [6.45, 7) is 0. The van der Waals surface area contributed by atoms with Gasteiger partial charge in [-0.05, 0) is 22.9 Å². The Hall–Kier alpha value is -1.79. The normalized spacial score (nSPS) is 11.1. The molecule has 0 fully saturated rings. The molecule has 2 aromatic heterocycles. The summed E-state index contributed by atoms with van der Waals surface area (Å²) in [5, 5.41) is 4.36. The Bertz CT molecular complexity index is 815. The largest absolute Gasteiger partial charge is 0.354 e. The molecule has 0 unspecified atom stereocenters. The van der Waals surface area contributed by atoms with Gasteiger partial charge in [-0.1, -0.05) is 0 Å². The van der Waals surface area contributed by atoms with E-state index < -0.39 is 0 Å². The molecule has 0 radical (unpaired) electrons. The van der Waals surface area contributed by atoms with Gasteiger partial charge in [0.25, 0.3) is 0 Å². The molecule has 1 aliphatic carbocycles. The molecule has 2 heterocycles. The van der Waals surface area contributed by atoms with Crippen molar-refractivity contribution in [2.75, 3.05) is 0 Å². The van der Waals surface area contributed by atoms with Crippen molar-refractivity contribution in [2.24, 2.45) is 0 Å². The summed E-state index contributed by atoms with van der Waals surface area (Å²) in [4.78, 5) is 14.6. The maximum Gasteiger partial charge on any atom is 0.190 e. The molecule has 0 atom stereocenters. The molecular weight excluding hydrogens is 194 g/mol. The number of aromatic nitrogens is 1. The predicted octanol–water partition coefficient (Wildman–Crippen LogP) is 0.0520. The van der Waals surface area contributed by atoms with Gasteiger partial charge in [0.2, 0.25) is 0 Å². The van der Waals surface area contributed by atoms with Crippen molar-refractivity contribution in [3.8, 4) is 0 Å². The summed E-state index contributed by atoms with van der Waals surface area (Å²) in [6.07, 6.45) is 1.63. The summed E-state index contributed by atoms with van der Waals surface area (Å²) in [5.41, 5.74) is 6.01. The molecule has 0 aromatic carbocycles. The lowest BCUT2D eigenvalue weighted by molar-refractivity contribution is 1.19. The molecule has 2 aromatic rings. The van der Waals surface area contributed by atoms with E-state index >= 15 is 0 Å². The van der Waals surface area contributed by atoms with E-state index in [0.29, 0.717) is 5.22 Å². The number of fused-ring (bicyclic) bond motifs is 2. The van der Waals surface area contributed by atoms with E-state index in [4.69, 9.17) is 0 Å². The summed E-state index contributed by atoms with van der Waals surface area (Å²) in [7, 11) is 0. The van der Waals surface area contributed by atoms with Gasteiger partial charge in [0.05, 0.1) is 9.75 Å². The molecule has 2 nitrogen and oxygen atoms in total. The quantitative estimate of drug-likeness (QED) is 0.545. The molecule has 1 aliphatic rings. The fourth-order valence-corrected chi connectivity index (χ4v) is 2.31. The first-order valence-corrected chi connectivity index (χ1v) is 5.06. The SMILES string of the molecule is O=c1cc[nH]c2c1=c1ccsc1=C=C=2. The number of thiophene rings is 1. The Morgan fingerprint density at radius 2 is 2.21 bits per heavy atom. The minimum Gasteiger partial charge on any atom is -0.354 e. The van der Waals surface area contributed by atoms with Crippen LogP contribution in [0, 0.1) is 10.4 Å². The van der Waals surface area contributed by atoms with Crippen LogP contribution < -0.4 is 15.3 Å². The highest BCUT2D eigenvalue weighted by molar-refractivity contribution is 7.07. The first-order chi connectivity index (χ1) is 6.86. The lowest BCUT2D eigenvalue weighted by atomic mass is 10.2. The molecule has 1 N–H and O–H groups in total. The summed E-state index contributed by atoms with van der Waals surface area (Å²) in [6, 6.07) is 3.48. The number of nitrogens with one attached hydrogen (secondary N) is 1. The monoisotopic (exact) mass is 199 g/mol. The molecule has 14 heavy (non-hydrogen) atoms. The number of aromatic amines is 1. The van der Waals surface area contributed by atoms with Crippen molar-refractivity contribution in [1.82, 2.24) is 4.98 Å². The highest BCUT2D eigenvalue weighted by atomic mass is 32.1. The Labute approximate surface area is 82.5 Å². The van der Waals surface area contributed by atoms with Crippen molar-refractivity contribution >= 4 is 22.8 Å². The van der Waals surface area contributed by atoms with Crippen LogP contribution in [0.4, 0.5) is 0 Å². The first-order valence-electron chi connectivity index (χ1n) is 4.18. The summed E-state index contributed by atoms with van der Waals surface area (Å²) >= 11 is 1.57. The minimum absolute atomic E-state index is 0.0346. The lowest BCUT2D eigenvalue weighted by Gasteiger charge is -1.88. The number of hydrogen-bond donors (Lipinski definition) is 1. The van der Waals surface area contributed by atoms with Crippen molar-refractivity contribution in [2.45, 2.75) is 0 Å². The van der Waals surface area contributed by atoms with Gasteiger partial charge in [0, 0.05) is 17.5 Å². The van der Waals surface area contributed by atoms with Crippen LogP contribution in [-0.2, 0) is 0 Å². The zero-order chi connectivity index (χ0) is 9.54. The van der Waals surface area contributed by atoms with Crippen LogP contribution in [-0.4, -0.2) is 4.98 Å². The zero-order valence-corrected chi connectivity index (χ0v) is 7.94. The Morgan fingerprint density at radius 3 is 3.14 bits per heavy atom. The third-order valence-corrected chi connectivity index (χ3v) is 3.02. The van der Waals surface area contributed by atoms with E-state index in [-0.39, 0.29) is 5.43 Å². The van der Waals surface area contributed by atoms with E-state index in [1.54, 1.807) is 17.5 Å². The van der Waals surface area contributed by atoms with Crippen LogP contribution >= 0.6 is 11.3 Å². The topological polar surface area (TPSA) is 32.9 Å². The van der Waals surface area contributed by atoms with Gasteiger partial charge in [-0.15, -0.1) is 11.3 Å². The second kappa shape index (κ2) is 2.60. The van der Waals surface area contributed by atoms with Crippen LogP contribution in [0.1, 0.15) is 0 Å². The molecule has 3 heteroatoms. The highest BCUT2D eigenvalue weighted by Crippen LogP contribution is 1.91. The maximum atomic E-state index is 11.6. The van der Waals surface area contributed by atoms with E-state index in [0.717, 1.165) is 15.1 Å². The van der Waals surface area contributed by atoms with E-state index in [1.807, 2.05) is 11.4 Å². The average Bonchev–Trinajstić information content (AvgIpc) is 2.65. The van der Waals surface area contributed by atoms with Gasteiger partial charge in [0.15, 0.2) is 5.43 Å². The minimum atomic E-state index is 0.0346. The summed E-state index contributed by atoms with van der Waals surface area (Å²) in [5.74, 6) is 0. The van der Waals surface area contributed by atoms with Crippen molar-refractivity contribution in [3.05, 3.63) is 54.3 Å².